The van der Waals surface area contributed by atoms with Crippen LogP contribution in [0.1, 0.15) is 22.3 Å². The number of nitriles is 1. The van der Waals surface area contributed by atoms with Gasteiger partial charge in [-0.2, -0.15) is 5.26 Å². The Hall–Kier alpha value is -3.75. The molecule has 3 aromatic rings. The number of ether oxygens (including phenoxy) is 1. The van der Waals surface area contributed by atoms with Crippen LogP contribution in [0.5, 0.6) is 11.5 Å². The highest BCUT2D eigenvalue weighted by molar-refractivity contribution is 6.32. The fourth-order valence-electron chi connectivity index (χ4n) is 3.24. The van der Waals surface area contributed by atoms with E-state index >= 15 is 0 Å². The summed E-state index contributed by atoms with van der Waals surface area (Å²) >= 11 is 6.21. The van der Waals surface area contributed by atoms with Crippen LogP contribution in [0.3, 0.4) is 0 Å². The maximum absolute atomic E-state index is 12.5. The van der Waals surface area contributed by atoms with Gasteiger partial charge in [0.2, 0.25) is 0 Å². The number of amides is 1. The lowest BCUT2D eigenvalue weighted by atomic mass is 10.1. The smallest absolute Gasteiger partial charge is 0.262 e. The van der Waals surface area contributed by atoms with Crippen LogP contribution < -0.4 is 15.0 Å². The highest BCUT2D eigenvalue weighted by Crippen LogP contribution is 2.29. The molecule has 0 aliphatic rings. The van der Waals surface area contributed by atoms with Gasteiger partial charge < -0.3 is 15.0 Å². The number of nitrogens with zero attached hydrogens (tertiary/aromatic N) is 2. The number of carbonyl (C=O) groups is 1. The lowest BCUT2D eigenvalue weighted by molar-refractivity contribution is -0.117. The molecule has 6 heteroatoms. The van der Waals surface area contributed by atoms with Crippen LogP contribution in [0, 0.1) is 25.2 Å². The third-order valence-corrected chi connectivity index (χ3v) is 5.70. The zero-order valence-electron chi connectivity index (χ0n) is 19.1. The van der Waals surface area contributed by atoms with Gasteiger partial charge in [0, 0.05) is 31.4 Å². The van der Waals surface area contributed by atoms with Crippen LogP contribution in [0.4, 0.5) is 5.69 Å². The number of nitrogens with one attached hydrogen (secondary N) is 1. The Morgan fingerprint density at radius 3 is 2.18 bits per heavy atom. The van der Waals surface area contributed by atoms with Gasteiger partial charge in [0.1, 0.15) is 23.1 Å². The summed E-state index contributed by atoms with van der Waals surface area (Å²) < 4.78 is 5.91. The van der Waals surface area contributed by atoms with Crippen LogP contribution >= 0.6 is 11.6 Å². The van der Waals surface area contributed by atoms with Gasteiger partial charge >= 0.3 is 0 Å². The second-order valence-corrected chi connectivity index (χ2v) is 8.33. The second-order valence-electron chi connectivity index (χ2n) is 7.96. The Labute approximate surface area is 199 Å². The number of hydrogen-bond donors (Lipinski definition) is 1. The molecule has 0 spiro atoms. The fraction of sp³-hybridized carbons (Fsp3) is 0.185. The Bertz CT molecular complexity index is 1180. The maximum Gasteiger partial charge on any atom is 0.262 e. The van der Waals surface area contributed by atoms with Crippen molar-refractivity contribution in [2.75, 3.05) is 19.0 Å². The summed E-state index contributed by atoms with van der Waals surface area (Å²) in [4.78, 5) is 14.5. The molecule has 0 aromatic heterocycles. The van der Waals surface area contributed by atoms with Gasteiger partial charge in [-0.25, -0.2) is 0 Å². The molecule has 0 saturated carbocycles. The number of carbonyl (C=O) groups excluding carboxylic acids is 1. The van der Waals surface area contributed by atoms with Crippen LogP contribution in [-0.4, -0.2) is 20.0 Å². The Balaban J connectivity index is 1.64. The maximum atomic E-state index is 12.5. The van der Waals surface area contributed by atoms with E-state index < -0.39 is 5.91 Å². The number of halogens is 1. The van der Waals surface area contributed by atoms with Gasteiger partial charge in [0.25, 0.3) is 5.91 Å². The van der Waals surface area contributed by atoms with E-state index in [0.29, 0.717) is 18.0 Å². The van der Waals surface area contributed by atoms with Crippen LogP contribution in [0.25, 0.3) is 6.08 Å². The Morgan fingerprint density at radius 1 is 1.03 bits per heavy atom. The van der Waals surface area contributed by atoms with Gasteiger partial charge in [-0.3, -0.25) is 4.79 Å². The first-order chi connectivity index (χ1) is 15.8. The summed E-state index contributed by atoms with van der Waals surface area (Å²) in [5.74, 6) is 0.937. The number of benzene rings is 3. The summed E-state index contributed by atoms with van der Waals surface area (Å²) in [6.45, 7) is 4.21. The van der Waals surface area contributed by atoms with Gasteiger partial charge in [-0.1, -0.05) is 35.9 Å². The molecule has 168 valence electrons. The zero-order valence-corrected chi connectivity index (χ0v) is 19.9. The molecule has 3 aromatic carbocycles. The first-order valence-electron chi connectivity index (χ1n) is 10.5. The normalized spacial score (nSPS) is 11.0. The van der Waals surface area contributed by atoms with E-state index in [4.69, 9.17) is 16.3 Å². The zero-order chi connectivity index (χ0) is 24.0. The SMILES string of the molecule is Cc1cc(Oc2ccc(/C=C(\C#N)C(=O)NCc3ccc(N(C)C)cc3)cc2)cc(C)c1Cl. The highest BCUT2D eigenvalue weighted by atomic mass is 35.5. The monoisotopic (exact) mass is 459 g/mol. The van der Waals surface area contributed by atoms with E-state index in [2.05, 4.69) is 5.32 Å². The molecule has 0 radical (unpaired) electrons. The number of anilines is 1. The van der Waals surface area contributed by atoms with E-state index in [1.807, 2.05) is 75.3 Å². The van der Waals surface area contributed by atoms with Crippen molar-refractivity contribution in [3.8, 4) is 17.6 Å². The molecule has 0 aliphatic carbocycles. The van der Waals surface area contributed by atoms with E-state index in [-0.39, 0.29) is 5.57 Å². The minimum Gasteiger partial charge on any atom is -0.457 e. The van der Waals surface area contributed by atoms with Crippen molar-refractivity contribution in [1.29, 1.82) is 5.26 Å². The summed E-state index contributed by atoms with van der Waals surface area (Å²) in [6, 6.07) is 20.8. The average molecular weight is 460 g/mol. The molecule has 0 fully saturated rings. The van der Waals surface area contributed by atoms with E-state index in [9.17, 15) is 10.1 Å². The van der Waals surface area contributed by atoms with Crippen molar-refractivity contribution in [2.45, 2.75) is 20.4 Å². The van der Waals surface area contributed by atoms with Crippen LogP contribution in [0.15, 0.2) is 66.2 Å². The third-order valence-electron chi connectivity index (χ3n) is 5.11. The van der Waals surface area contributed by atoms with Crippen LogP contribution in [-0.2, 0) is 11.3 Å². The molecule has 33 heavy (non-hydrogen) atoms. The van der Waals surface area contributed by atoms with Gasteiger partial charge in [0.05, 0.1) is 0 Å². The lowest BCUT2D eigenvalue weighted by Gasteiger charge is -2.12. The van der Waals surface area contributed by atoms with Gasteiger partial charge in [-0.15, -0.1) is 0 Å². The molecule has 0 heterocycles. The molecular weight excluding hydrogens is 434 g/mol. The lowest BCUT2D eigenvalue weighted by Crippen LogP contribution is -2.24. The molecule has 0 unspecified atom stereocenters. The van der Waals surface area contributed by atoms with E-state index in [1.165, 1.54) is 0 Å². The quantitative estimate of drug-likeness (QED) is 0.345. The minimum atomic E-state index is -0.415. The molecule has 0 aliphatic heterocycles. The van der Waals surface area contributed by atoms with Crippen molar-refractivity contribution in [2.24, 2.45) is 0 Å². The number of aryl methyl sites for hydroxylation is 2. The number of hydrogen-bond acceptors (Lipinski definition) is 4. The summed E-state index contributed by atoms with van der Waals surface area (Å²) in [5.41, 5.74) is 4.70. The minimum absolute atomic E-state index is 0.0394. The average Bonchev–Trinajstić information content (AvgIpc) is 2.80. The Kier molecular flexibility index (Phi) is 7.76. The van der Waals surface area contributed by atoms with Gasteiger partial charge in [-0.05, 0) is 78.6 Å². The van der Waals surface area contributed by atoms with Crippen LogP contribution in [0.2, 0.25) is 5.02 Å². The van der Waals surface area contributed by atoms with Crippen molar-refractivity contribution < 1.29 is 9.53 Å². The standard InChI is InChI=1S/C27H26ClN3O2/c1-18-13-25(14-19(2)26(18)28)33-24-11-7-20(8-12-24)15-22(16-29)27(32)30-17-21-5-9-23(10-6-21)31(3)4/h5-15H,17H2,1-4H3,(H,30,32)/b22-15+. The molecule has 3 rings (SSSR count). The van der Waals surface area contributed by atoms with Crippen molar-refractivity contribution in [3.63, 3.8) is 0 Å². The molecule has 1 N–H and O–H groups in total. The van der Waals surface area contributed by atoms with Gasteiger partial charge in [0.15, 0.2) is 0 Å². The second kappa shape index (κ2) is 10.7. The first kappa shape index (κ1) is 23.9. The fourth-order valence-corrected chi connectivity index (χ4v) is 3.35. The largest absolute Gasteiger partial charge is 0.457 e. The molecule has 5 nitrogen and oxygen atoms in total. The third kappa shape index (κ3) is 6.38. The predicted molar refractivity (Wildman–Crippen MR) is 134 cm³/mol. The highest BCUT2D eigenvalue weighted by Gasteiger charge is 2.10. The summed E-state index contributed by atoms with van der Waals surface area (Å²) in [6.07, 6.45) is 1.56. The summed E-state index contributed by atoms with van der Waals surface area (Å²) in [7, 11) is 3.94. The number of rotatable bonds is 7. The predicted octanol–water partition coefficient (Wildman–Crippen LogP) is 6.04. The van der Waals surface area contributed by atoms with Crippen molar-refractivity contribution in [3.05, 3.63) is 93.5 Å². The topological polar surface area (TPSA) is 65.4 Å². The van der Waals surface area contributed by atoms with Crippen molar-refractivity contribution in [1.82, 2.24) is 5.32 Å². The molecule has 0 atom stereocenters. The molecular formula is C27H26ClN3O2. The van der Waals surface area contributed by atoms with E-state index in [1.54, 1.807) is 30.3 Å². The molecule has 0 bridgehead atoms. The Morgan fingerprint density at radius 2 is 1.64 bits per heavy atom. The first-order valence-corrected chi connectivity index (χ1v) is 10.9. The van der Waals surface area contributed by atoms with Crippen molar-refractivity contribution >= 4 is 29.3 Å². The summed E-state index contributed by atoms with van der Waals surface area (Å²) in [5, 5.41) is 13.0. The van der Waals surface area contributed by atoms with E-state index in [0.717, 1.165) is 33.0 Å². The molecule has 1 amide bonds. The molecule has 0 saturated heterocycles.